The molecule has 3 N–H and O–H groups in total. The van der Waals surface area contributed by atoms with Crippen LogP contribution in [-0.4, -0.2) is 24.0 Å². The van der Waals surface area contributed by atoms with Crippen LogP contribution in [0.2, 0.25) is 0 Å². The molecule has 6 nitrogen and oxygen atoms in total. The summed E-state index contributed by atoms with van der Waals surface area (Å²) in [5.41, 5.74) is 8.99. The van der Waals surface area contributed by atoms with Crippen molar-refractivity contribution in [3.63, 3.8) is 0 Å². The highest BCUT2D eigenvalue weighted by atomic mass is 19.1. The third-order valence-corrected chi connectivity index (χ3v) is 6.01. The number of benzene rings is 2. The van der Waals surface area contributed by atoms with Gasteiger partial charge in [0, 0.05) is 24.6 Å². The van der Waals surface area contributed by atoms with Gasteiger partial charge in [-0.15, -0.1) is 0 Å². The SMILES string of the molecule is C[C@H]1CCc2c(ccc(C3=CN(C)N[NH2+]3)c2Oc2ccc(F)cc2)N1C(=O)C1CC1. The average Bonchev–Trinajstić information content (AvgIpc) is 3.50. The maximum absolute atomic E-state index is 13.4. The molecule has 1 atom stereocenters. The summed E-state index contributed by atoms with van der Waals surface area (Å²) in [5.74, 6) is 1.38. The summed E-state index contributed by atoms with van der Waals surface area (Å²) < 4.78 is 19.7. The molecule has 1 saturated carbocycles. The van der Waals surface area contributed by atoms with Gasteiger partial charge in [-0.05, 0) is 69.0 Å². The zero-order chi connectivity index (χ0) is 20.8. The number of hydrogen-bond donors (Lipinski definition) is 2. The van der Waals surface area contributed by atoms with Gasteiger partial charge in [0.1, 0.15) is 17.3 Å². The van der Waals surface area contributed by atoms with Gasteiger partial charge in [0.25, 0.3) is 0 Å². The molecular formula is C23H26FN4O2+. The van der Waals surface area contributed by atoms with Crippen molar-refractivity contribution in [1.29, 1.82) is 0 Å². The molecule has 2 aromatic rings. The van der Waals surface area contributed by atoms with Gasteiger partial charge in [-0.2, -0.15) is 0 Å². The predicted molar refractivity (Wildman–Crippen MR) is 112 cm³/mol. The second-order valence-electron chi connectivity index (χ2n) is 8.33. The fourth-order valence-corrected chi connectivity index (χ4v) is 4.23. The molecule has 156 valence electrons. The van der Waals surface area contributed by atoms with E-state index in [1.807, 2.05) is 40.7 Å². The van der Waals surface area contributed by atoms with E-state index < -0.39 is 0 Å². The van der Waals surface area contributed by atoms with Crippen molar-refractivity contribution in [2.75, 3.05) is 11.9 Å². The van der Waals surface area contributed by atoms with Gasteiger partial charge < -0.3 is 9.64 Å². The molecule has 30 heavy (non-hydrogen) atoms. The van der Waals surface area contributed by atoms with Crippen molar-refractivity contribution < 1.29 is 19.3 Å². The van der Waals surface area contributed by atoms with Crippen LogP contribution in [0.1, 0.15) is 37.3 Å². The molecule has 0 unspecified atom stereocenters. The number of quaternary nitrogens is 1. The minimum atomic E-state index is -0.301. The Morgan fingerprint density at radius 2 is 1.93 bits per heavy atom. The monoisotopic (exact) mass is 409 g/mol. The van der Waals surface area contributed by atoms with E-state index in [2.05, 4.69) is 12.5 Å². The van der Waals surface area contributed by atoms with Crippen molar-refractivity contribution >= 4 is 17.3 Å². The number of carbonyl (C=O) groups is 1. The van der Waals surface area contributed by atoms with Gasteiger partial charge >= 0.3 is 0 Å². The molecule has 0 aromatic heterocycles. The predicted octanol–water partition coefficient (Wildman–Crippen LogP) is 2.92. The molecule has 0 saturated heterocycles. The number of nitrogens with two attached hydrogens (primary N) is 1. The van der Waals surface area contributed by atoms with E-state index in [-0.39, 0.29) is 23.7 Å². The molecule has 2 heterocycles. The number of anilines is 1. The molecule has 3 aliphatic rings. The molecule has 1 amide bonds. The number of fused-ring (bicyclic) bond motifs is 1. The highest BCUT2D eigenvalue weighted by Crippen LogP contribution is 2.44. The second-order valence-corrected chi connectivity index (χ2v) is 8.33. The summed E-state index contributed by atoms with van der Waals surface area (Å²) >= 11 is 0. The lowest BCUT2D eigenvalue weighted by molar-refractivity contribution is -0.639. The van der Waals surface area contributed by atoms with Crippen LogP contribution < -0.4 is 20.6 Å². The van der Waals surface area contributed by atoms with Crippen molar-refractivity contribution in [2.45, 2.75) is 38.6 Å². The van der Waals surface area contributed by atoms with E-state index in [9.17, 15) is 9.18 Å². The number of ether oxygens (including phenoxy) is 1. The number of halogens is 1. The summed E-state index contributed by atoms with van der Waals surface area (Å²) in [6.07, 6.45) is 5.67. The Morgan fingerprint density at radius 3 is 2.60 bits per heavy atom. The molecular weight excluding hydrogens is 383 g/mol. The summed E-state index contributed by atoms with van der Waals surface area (Å²) in [4.78, 5) is 15.0. The van der Waals surface area contributed by atoms with Crippen LogP contribution in [-0.2, 0) is 11.2 Å². The summed E-state index contributed by atoms with van der Waals surface area (Å²) in [5, 5.41) is 1.88. The zero-order valence-corrected chi connectivity index (χ0v) is 17.2. The van der Waals surface area contributed by atoms with Crippen LogP contribution in [0.15, 0.2) is 42.6 Å². The normalized spacial score (nSPS) is 20.8. The highest BCUT2D eigenvalue weighted by molar-refractivity contribution is 5.98. The lowest BCUT2D eigenvalue weighted by atomic mass is 9.92. The number of rotatable bonds is 4. The Labute approximate surface area is 175 Å². The molecule has 0 spiro atoms. The molecule has 2 aliphatic heterocycles. The summed E-state index contributed by atoms with van der Waals surface area (Å²) in [6.45, 7) is 2.11. The van der Waals surface area contributed by atoms with Gasteiger partial charge in [0.05, 0.1) is 17.5 Å². The molecule has 1 fully saturated rings. The topological polar surface area (TPSA) is 61.4 Å². The van der Waals surface area contributed by atoms with Crippen molar-refractivity contribution in [2.24, 2.45) is 5.92 Å². The Balaban J connectivity index is 1.62. The van der Waals surface area contributed by atoms with E-state index >= 15 is 0 Å². The Hall–Kier alpha value is -2.90. The smallest absolute Gasteiger partial charge is 0.230 e. The Morgan fingerprint density at radius 1 is 1.17 bits per heavy atom. The zero-order valence-electron chi connectivity index (χ0n) is 17.2. The standard InChI is InChI=1S/C23H25FN4O2/c1-14-3-10-19-21(28(14)23(29)15-4-5-15)12-11-18(20-13-27(2)26-25-20)22(19)30-17-8-6-16(24)7-9-17/h6-9,11-15,25-26H,3-5,10H2,1-2H3/p+1/t14-/m0/s1. The fourth-order valence-electron chi connectivity index (χ4n) is 4.23. The number of carbonyl (C=O) groups excluding carboxylic acids is 1. The molecule has 5 rings (SSSR count). The van der Waals surface area contributed by atoms with Crippen molar-refractivity contribution in [3.05, 3.63) is 59.5 Å². The fraction of sp³-hybridized carbons (Fsp3) is 0.348. The van der Waals surface area contributed by atoms with Crippen molar-refractivity contribution in [1.82, 2.24) is 10.5 Å². The largest absolute Gasteiger partial charge is 0.456 e. The maximum Gasteiger partial charge on any atom is 0.230 e. The minimum Gasteiger partial charge on any atom is -0.456 e. The number of hydrogen-bond acceptors (Lipinski definition) is 4. The van der Waals surface area contributed by atoms with E-state index in [0.717, 1.165) is 53.9 Å². The van der Waals surface area contributed by atoms with E-state index in [4.69, 9.17) is 4.74 Å². The quantitative estimate of drug-likeness (QED) is 0.763. The van der Waals surface area contributed by atoms with Gasteiger partial charge in [0.15, 0.2) is 5.70 Å². The van der Waals surface area contributed by atoms with E-state index in [1.165, 1.54) is 12.1 Å². The summed E-state index contributed by atoms with van der Waals surface area (Å²) in [7, 11) is 1.93. The van der Waals surface area contributed by atoms with Crippen LogP contribution in [0.4, 0.5) is 10.1 Å². The van der Waals surface area contributed by atoms with Gasteiger partial charge in [-0.3, -0.25) is 9.80 Å². The number of nitrogens with zero attached hydrogens (tertiary/aromatic N) is 2. The average molecular weight is 409 g/mol. The molecule has 1 aliphatic carbocycles. The number of hydrazine groups is 1. The van der Waals surface area contributed by atoms with Crippen LogP contribution in [0.25, 0.3) is 5.70 Å². The first-order valence-electron chi connectivity index (χ1n) is 10.5. The molecule has 7 heteroatoms. The maximum atomic E-state index is 13.4. The lowest BCUT2D eigenvalue weighted by Gasteiger charge is -2.36. The van der Waals surface area contributed by atoms with Crippen molar-refractivity contribution in [3.8, 4) is 11.5 Å². The first-order chi connectivity index (χ1) is 14.5. The van der Waals surface area contributed by atoms with E-state index in [0.29, 0.717) is 5.75 Å². The van der Waals surface area contributed by atoms with Crippen LogP contribution in [0, 0.1) is 11.7 Å². The summed E-state index contributed by atoms with van der Waals surface area (Å²) in [6, 6.07) is 10.3. The first-order valence-corrected chi connectivity index (χ1v) is 10.5. The number of amides is 1. The van der Waals surface area contributed by atoms with Gasteiger partial charge in [-0.25, -0.2) is 9.82 Å². The third-order valence-electron chi connectivity index (χ3n) is 6.01. The first kappa shape index (κ1) is 19.1. The van der Waals surface area contributed by atoms with Crippen LogP contribution >= 0.6 is 0 Å². The minimum absolute atomic E-state index is 0.156. The van der Waals surface area contributed by atoms with Gasteiger partial charge in [-0.1, -0.05) is 5.53 Å². The molecule has 0 radical (unpaired) electrons. The Kier molecular flexibility index (Phi) is 4.72. The van der Waals surface area contributed by atoms with E-state index in [1.54, 1.807) is 12.1 Å². The lowest BCUT2D eigenvalue weighted by Crippen LogP contribution is -2.89. The molecule has 2 aromatic carbocycles. The highest BCUT2D eigenvalue weighted by Gasteiger charge is 2.39. The molecule has 0 bridgehead atoms. The third kappa shape index (κ3) is 3.44. The van der Waals surface area contributed by atoms with Crippen LogP contribution in [0.5, 0.6) is 11.5 Å². The van der Waals surface area contributed by atoms with Gasteiger partial charge in [0.2, 0.25) is 5.91 Å². The number of nitrogens with one attached hydrogen (secondary N) is 1. The second kappa shape index (κ2) is 7.41. The Bertz CT molecular complexity index is 1020. The van der Waals surface area contributed by atoms with Crippen LogP contribution in [0.3, 0.4) is 0 Å².